The maximum atomic E-state index is 10.6. The molecule has 0 saturated heterocycles. The number of ether oxygens (including phenoxy) is 1. The average molecular weight is 294 g/mol. The lowest BCUT2D eigenvalue weighted by atomic mass is 10.1. The molecule has 2 aromatic rings. The number of aromatic nitrogens is 3. The maximum absolute atomic E-state index is 10.6. The highest BCUT2D eigenvalue weighted by Crippen LogP contribution is 2.30. The van der Waals surface area contributed by atoms with Gasteiger partial charge in [0.15, 0.2) is 5.82 Å². The Morgan fingerprint density at radius 2 is 2.25 bits per heavy atom. The molecule has 0 aliphatic carbocycles. The number of carboxylic acid groups (broad SMARTS) is 1. The van der Waals surface area contributed by atoms with E-state index in [0.717, 1.165) is 17.3 Å². The van der Waals surface area contributed by atoms with Gasteiger partial charge in [-0.15, -0.1) is 10.2 Å². The summed E-state index contributed by atoms with van der Waals surface area (Å²) in [4.78, 5) is 10.6. The van der Waals surface area contributed by atoms with E-state index in [0.29, 0.717) is 22.3 Å². The van der Waals surface area contributed by atoms with E-state index in [1.54, 1.807) is 7.11 Å². The number of aryl methyl sites for hydroxylation is 1. The quantitative estimate of drug-likeness (QED) is 0.629. The normalized spacial score (nSPS) is 10.5. The van der Waals surface area contributed by atoms with Gasteiger partial charge in [0.1, 0.15) is 5.75 Å². The summed E-state index contributed by atoms with van der Waals surface area (Å²) in [5.74, 6) is 5.91. The molecule has 0 amide bonds. The van der Waals surface area contributed by atoms with Crippen molar-refractivity contribution in [2.45, 2.75) is 12.1 Å². The molecule has 0 spiro atoms. The van der Waals surface area contributed by atoms with E-state index in [-0.39, 0.29) is 5.75 Å². The van der Waals surface area contributed by atoms with Crippen molar-refractivity contribution in [1.29, 1.82) is 0 Å². The summed E-state index contributed by atoms with van der Waals surface area (Å²) in [5, 5.41) is 16.9. The van der Waals surface area contributed by atoms with Crippen molar-refractivity contribution in [3.05, 3.63) is 23.8 Å². The van der Waals surface area contributed by atoms with Crippen LogP contribution in [0.2, 0.25) is 0 Å². The van der Waals surface area contributed by atoms with Crippen molar-refractivity contribution in [3.8, 4) is 17.1 Å². The number of nitrogen functional groups attached to an aromatic ring is 1. The molecule has 3 N–H and O–H groups in total. The summed E-state index contributed by atoms with van der Waals surface area (Å²) in [7, 11) is 1.56. The Hall–Kier alpha value is -2.22. The van der Waals surface area contributed by atoms with Gasteiger partial charge in [0.2, 0.25) is 5.16 Å². The smallest absolute Gasteiger partial charge is 0.313 e. The van der Waals surface area contributed by atoms with E-state index >= 15 is 0 Å². The van der Waals surface area contributed by atoms with Crippen molar-refractivity contribution in [3.63, 3.8) is 0 Å². The van der Waals surface area contributed by atoms with Crippen molar-refractivity contribution in [1.82, 2.24) is 14.9 Å². The summed E-state index contributed by atoms with van der Waals surface area (Å²) in [5.41, 5.74) is 1.74. The fourth-order valence-corrected chi connectivity index (χ4v) is 2.26. The van der Waals surface area contributed by atoms with Gasteiger partial charge in [-0.1, -0.05) is 23.4 Å². The maximum Gasteiger partial charge on any atom is 0.313 e. The van der Waals surface area contributed by atoms with Gasteiger partial charge in [-0.3, -0.25) is 4.79 Å². The highest BCUT2D eigenvalue weighted by molar-refractivity contribution is 7.99. The van der Waals surface area contributed by atoms with Crippen LogP contribution < -0.4 is 10.6 Å². The second kappa shape index (κ2) is 5.83. The lowest BCUT2D eigenvalue weighted by molar-refractivity contribution is -0.133. The topological polar surface area (TPSA) is 103 Å². The Labute approximate surface area is 119 Å². The number of nitrogens with two attached hydrogens (primary N) is 1. The van der Waals surface area contributed by atoms with Crippen LogP contribution >= 0.6 is 11.8 Å². The van der Waals surface area contributed by atoms with Gasteiger partial charge in [-0.2, -0.15) is 0 Å². The molecule has 1 aromatic carbocycles. The van der Waals surface area contributed by atoms with Gasteiger partial charge < -0.3 is 15.7 Å². The van der Waals surface area contributed by atoms with Gasteiger partial charge in [-0.05, 0) is 19.1 Å². The Kier molecular flexibility index (Phi) is 4.14. The van der Waals surface area contributed by atoms with E-state index < -0.39 is 5.97 Å². The van der Waals surface area contributed by atoms with Crippen molar-refractivity contribution in [2.75, 3.05) is 18.7 Å². The van der Waals surface area contributed by atoms with Crippen LogP contribution in [0.3, 0.4) is 0 Å². The molecule has 1 heterocycles. The standard InChI is InChI=1S/C12H14N4O3S/c1-7-3-4-9(19-2)8(5-7)11-14-15-12(16(11)13)20-6-10(17)18/h3-5H,6,13H2,1-2H3,(H,17,18). The van der Waals surface area contributed by atoms with Crippen LogP contribution in [0.5, 0.6) is 5.75 Å². The largest absolute Gasteiger partial charge is 0.496 e. The summed E-state index contributed by atoms with van der Waals surface area (Å²) < 4.78 is 6.55. The number of hydrogen-bond acceptors (Lipinski definition) is 6. The molecule has 0 aliphatic rings. The fraction of sp³-hybridized carbons (Fsp3) is 0.250. The first kappa shape index (κ1) is 14.2. The number of carbonyl (C=O) groups is 1. The van der Waals surface area contributed by atoms with Gasteiger partial charge in [0.25, 0.3) is 0 Å². The zero-order valence-electron chi connectivity index (χ0n) is 11.0. The fourth-order valence-electron chi connectivity index (χ4n) is 1.68. The minimum absolute atomic E-state index is 0.125. The van der Waals surface area contributed by atoms with Crippen molar-refractivity contribution < 1.29 is 14.6 Å². The Morgan fingerprint density at radius 3 is 2.90 bits per heavy atom. The predicted octanol–water partition coefficient (Wildman–Crippen LogP) is 1.15. The van der Waals surface area contributed by atoms with Crippen LogP contribution in [0.1, 0.15) is 5.56 Å². The molecular formula is C12H14N4O3S. The average Bonchev–Trinajstić information content (AvgIpc) is 2.77. The van der Waals surface area contributed by atoms with Crippen molar-refractivity contribution >= 4 is 17.7 Å². The second-order valence-electron chi connectivity index (χ2n) is 4.06. The van der Waals surface area contributed by atoms with Gasteiger partial charge in [0, 0.05) is 0 Å². The van der Waals surface area contributed by atoms with E-state index in [1.807, 2.05) is 25.1 Å². The molecule has 0 aliphatic heterocycles. The zero-order valence-corrected chi connectivity index (χ0v) is 11.8. The molecule has 7 nitrogen and oxygen atoms in total. The molecule has 20 heavy (non-hydrogen) atoms. The minimum Gasteiger partial charge on any atom is -0.496 e. The Morgan fingerprint density at radius 1 is 1.50 bits per heavy atom. The molecule has 8 heteroatoms. The number of nitrogens with zero attached hydrogens (tertiary/aromatic N) is 3. The number of rotatable bonds is 5. The first-order valence-electron chi connectivity index (χ1n) is 5.73. The summed E-state index contributed by atoms with van der Waals surface area (Å²) in [6.07, 6.45) is 0. The molecule has 1 aromatic heterocycles. The van der Waals surface area contributed by atoms with E-state index in [9.17, 15) is 4.79 Å². The molecule has 2 rings (SSSR count). The van der Waals surface area contributed by atoms with E-state index in [4.69, 9.17) is 15.7 Å². The highest BCUT2D eigenvalue weighted by atomic mass is 32.2. The summed E-state index contributed by atoms with van der Waals surface area (Å²) in [6.45, 7) is 1.94. The van der Waals surface area contributed by atoms with Crippen LogP contribution in [0.25, 0.3) is 11.4 Å². The minimum atomic E-state index is -0.937. The molecule has 0 atom stereocenters. The van der Waals surface area contributed by atoms with Gasteiger partial charge >= 0.3 is 5.97 Å². The predicted molar refractivity (Wildman–Crippen MR) is 75.3 cm³/mol. The summed E-state index contributed by atoms with van der Waals surface area (Å²) in [6, 6.07) is 5.63. The molecule has 0 radical (unpaired) electrons. The molecular weight excluding hydrogens is 280 g/mol. The molecule has 0 bridgehead atoms. The van der Waals surface area contributed by atoms with Gasteiger partial charge in [0.05, 0.1) is 18.4 Å². The van der Waals surface area contributed by atoms with Crippen LogP contribution in [0, 0.1) is 6.92 Å². The Bertz CT molecular complexity index is 642. The molecule has 0 saturated carbocycles. The van der Waals surface area contributed by atoms with E-state index in [1.165, 1.54) is 4.68 Å². The SMILES string of the molecule is COc1ccc(C)cc1-c1nnc(SCC(=O)O)n1N. The number of hydrogen-bond donors (Lipinski definition) is 2. The lowest BCUT2D eigenvalue weighted by Gasteiger charge is -2.09. The van der Waals surface area contributed by atoms with Crippen LogP contribution in [-0.2, 0) is 4.79 Å². The third-order valence-corrected chi connectivity index (χ3v) is 3.51. The molecule has 106 valence electrons. The molecule has 0 unspecified atom stereocenters. The number of methoxy groups -OCH3 is 1. The highest BCUT2D eigenvalue weighted by Gasteiger charge is 2.16. The zero-order chi connectivity index (χ0) is 14.7. The third kappa shape index (κ3) is 2.85. The van der Waals surface area contributed by atoms with E-state index in [2.05, 4.69) is 10.2 Å². The van der Waals surface area contributed by atoms with Crippen LogP contribution in [0.15, 0.2) is 23.4 Å². The van der Waals surface area contributed by atoms with Gasteiger partial charge in [-0.25, -0.2) is 4.68 Å². The number of benzene rings is 1. The third-order valence-electron chi connectivity index (χ3n) is 2.59. The number of aliphatic carboxylic acids is 1. The van der Waals surface area contributed by atoms with Crippen molar-refractivity contribution in [2.24, 2.45) is 0 Å². The monoisotopic (exact) mass is 294 g/mol. The summed E-state index contributed by atoms with van der Waals surface area (Å²) >= 11 is 1.01. The Balaban J connectivity index is 2.39. The lowest BCUT2D eigenvalue weighted by Crippen LogP contribution is -2.13. The second-order valence-corrected chi connectivity index (χ2v) is 5.00. The number of carboxylic acids is 1. The molecule has 0 fully saturated rings. The first-order chi connectivity index (χ1) is 9.52. The van der Waals surface area contributed by atoms with Crippen LogP contribution in [0.4, 0.5) is 0 Å². The number of thioether (sulfide) groups is 1. The first-order valence-corrected chi connectivity index (χ1v) is 6.71. The van der Waals surface area contributed by atoms with Crippen LogP contribution in [-0.4, -0.2) is 38.8 Å².